The average molecular weight is 525 g/mol. The van der Waals surface area contributed by atoms with Gasteiger partial charge in [-0.2, -0.15) is 5.26 Å². The van der Waals surface area contributed by atoms with Gasteiger partial charge in [-0.05, 0) is 80.7 Å². The molecule has 3 N–H and O–H groups in total. The molecule has 0 bridgehead atoms. The van der Waals surface area contributed by atoms with E-state index in [2.05, 4.69) is 33.0 Å². The number of carbonyl (C=O) groups excluding carboxylic acids is 1. The second-order valence-electron chi connectivity index (χ2n) is 9.56. The molecule has 202 valence electrons. The molecule has 1 atom stereocenters. The Hall–Kier alpha value is -4.35. The molecular formula is C31H36N6O2. The Labute approximate surface area is 230 Å². The van der Waals surface area contributed by atoms with Crippen LogP contribution in [-0.4, -0.2) is 49.0 Å². The Morgan fingerprint density at radius 2 is 1.62 bits per heavy atom. The summed E-state index contributed by atoms with van der Waals surface area (Å²) < 4.78 is 5.86. The third-order valence-corrected chi connectivity index (χ3v) is 6.55. The highest BCUT2D eigenvalue weighted by atomic mass is 16.5. The van der Waals surface area contributed by atoms with Crippen molar-refractivity contribution in [3.8, 4) is 17.7 Å². The van der Waals surface area contributed by atoms with Gasteiger partial charge < -0.3 is 20.3 Å². The Morgan fingerprint density at radius 3 is 2.31 bits per heavy atom. The van der Waals surface area contributed by atoms with Crippen molar-refractivity contribution in [2.45, 2.75) is 38.1 Å². The molecule has 39 heavy (non-hydrogen) atoms. The Balaban J connectivity index is 1.37. The number of aliphatic imine (C=N–C) groups is 1. The van der Waals surface area contributed by atoms with Gasteiger partial charge in [0.2, 0.25) is 11.9 Å². The molecule has 4 rings (SSSR count). The monoisotopic (exact) mass is 524 g/mol. The van der Waals surface area contributed by atoms with Gasteiger partial charge in [0, 0.05) is 25.2 Å². The number of para-hydroxylation sites is 1. The van der Waals surface area contributed by atoms with Gasteiger partial charge in [0.15, 0.2) is 6.19 Å². The summed E-state index contributed by atoms with van der Waals surface area (Å²) in [5, 5.41) is 18.3. The fourth-order valence-electron chi connectivity index (χ4n) is 4.54. The second kappa shape index (κ2) is 15.2. The number of likely N-dealkylation sites (tertiary alicyclic amines) is 1. The zero-order valence-corrected chi connectivity index (χ0v) is 22.2. The first kappa shape index (κ1) is 27.7. The van der Waals surface area contributed by atoms with Crippen LogP contribution < -0.4 is 20.7 Å². The highest BCUT2D eigenvalue weighted by Crippen LogP contribution is 2.22. The molecule has 1 amide bonds. The molecule has 1 saturated heterocycles. The molecule has 1 heterocycles. The van der Waals surface area contributed by atoms with Gasteiger partial charge in [0.1, 0.15) is 11.5 Å². The Bertz CT molecular complexity index is 1220. The molecule has 3 aromatic rings. The van der Waals surface area contributed by atoms with E-state index in [-0.39, 0.29) is 11.9 Å². The number of hydrogen-bond donors (Lipinski definition) is 3. The lowest BCUT2D eigenvalue weighted by Crippen LogP contribution is -2.34. The van der Waals surface area contributed by atoms with Crippen LogP contribution in [0.4, 0.5) is 5.69 Å². The number of nitriles is 1. The number of benzene rings is 3. The van der Waals surface area contributed by atoms with E-state index in [1.807, 2.05) is 79.0 Å². The van der Waals surface area contributed by atoms with Crippen molar-refractivity contribution in [1.82, 2.24) is 15.5 Å². The molecule has 0 saturated carbocycles. The summed E-state index contributed by atoms with van der Waals surface area (Å²) in [6.07, 6.45) is 6.04. The number of nitrogens with zero attached hydrogens (tertiary/aromatic N) is 3. The van der Waals surface area contributed by atoms with Crippen LogP contribution in [0.2, 0.25) is 0 Å². The minimum Gasteiger partial charge on any atom is -0.457 e. The van der Waals surface area contributed by atoms with E-state index in [1.165, 1.54) is 12.8 Å². The number of hydrogen-bond acceptors (Lipinski definition) is 5. The first-order chi connectivity index (χ1) is 19.2. The first-order valence-electron chi connectivity index (χ1n) is 13.5. The number of amides is 1. The maximum atomic E-state index is 12.6. The molecule has 3 aromatic carbocycles. The van der Waals surface area contributed by atoms with Crippen LogP contribution >= 0.6 is 0 Å². The maximum absolute atomic E-state index is 12.6. The minimum atomic E-state index is -0.194. The van der Waals surface area contributed by atoms with E-state index in [4.69, 9.17) is 9.73 Å². The SMILES string of the molecule is N#CNC(=NC(CCC(=O)NCCN1CCCC1)Cc1ccccc1)Nc1ccc(Oc2ccccc2)cc1. The van der Waals surface area contributed by atoms with E-state index in [9.17, 15) is 10.1 Å². The molecule has 0 radical (unpaired) electrons. The smallest absolute Gasteiger partial charge is 0.220 e. The van der Waals surface area contributed by atoms with Gasteiger partial charge in [0.25, 0.3) is 0 Å². The standard InChI is InChI=1S/C31H36N6O2/c32-24-34-31(35-26-13-16-29(17-14-26)39-28-11-5-2-6-12-28)36-27(23-25-9-3-1-4-10-25)15-18-30(38)33-19-22-37-20-7-8-21-37/h1-6,9-14,16-17,27H,7-8,15,18-23H2,(H,33,38)(H2,34,35,36). The van der Waals surface area contributed by atoms with Gasteiger partial charge in [-0.25, -0.2) is 4.99 Å². The Morgan fingerprint density at radius 1 is 0.949 bits per heavy atom. The highest BCUT2D eigenvalue weighted by Gasteiger charge is 2.15. The van der Waals surface area contributed by atoms with Crippen molar-refractivity contribution in [2.24, 2.45) is 4.99 Å². The third-order valence-electron chi connectivity index (χ3n) is 6.55. The first-order valence-corrected chi connectivity index (χ1v) is 13.5. The molecule has 0 aromatic heterocycles. The zero-order valence-electron chi connectivity index (χ0n) is 22.2. The molecule has 1 fully saturated rings. The molecular weight excluding hydrogens is 488 g/mol. The van der Waals surface area contributed by atoms with Crippen molar-refractivity contribution in [2.75, 3.05) is 31.5 Å². The molecule has 0 spiro atoms. The summed E-state index contributed by atoms with van der Waals surface area (Å²) >= 11 is 0. The normalized spacial score (nSPS) is 14.3. The van der Waals surface area contributed by atoms with Crippen molar-refractivity contribution in [3.05, 3.63) is 90.5 Å². The fraction of sp³-hybridized carbons (Fsp3) is 0.323. The van der Waals surface area contributed by atoms with Crippen LogP contribution in [-0.2, 0) is 11.2 Å². The number of guanidine groups is 1. The molecule has 1 aliphatic heterocycles. The van der Waals surface area contributed by atoms with E-state index < -0.39 is 0 Å². The summed E-state index contributed by atoms with van der Waals surface area (Å²) in [5.74, 6) is 1.83. The lowest BCUT2D eigenvalue weighted by molar-refractivity contribution is -0.121. The second-order valence-corrected chi connectivity index (χ2v) is 9.56. The summed E-state index contributed by atoms with van der Waals surface area (Å²) in [4.78, 5) is 19.8. The number of nitrogens with one attached hydrogen (secondary N) is 3. The van der Waals surface area contributed by atoms with Crippen molar-refractivity contribution < 1.29 is 9.53 Å². The average Bonchev–Trinajstić information content (AvgIpc) is 3.48. The molecule has 0 aliphatic carbocycles. The van der Waals surface area contributed by atoms with Gasteiger partial charge >= 0.3 is 0 Å². The van der Waals surface area contributed by atoms with Crippen LogP contribution in [0.25, 0.3) is 0 Å². The van der Waals surface area contributed by atoms with E-state index in [0.717, 1.165) is 36.6 Å². The highest BCUT2D eigenvalue weighted by molar-refractivity contribution is 5.94. The van der Waals surface area contributed by atoms with Gasteiger partial charge in [-0.3, -0.25) is 10.1 Å². The van der Waals surface area contributed by atoms with Crippen molar-refractivity contribution in [1.29, 1.82) is 5.26 Å². The van der Waals surface area contributed by atoms with Gasteiger partial charge in [0.05, 0.1) is 6.04 Å². The molecule has 1 unspecified atom stereocenters. The van der Waals surface area contributed by atoms with E-state index in [0.29, 0.717) is 37.5 Å². The van der Waals surface area contributed by atoms with Crippen LogP contribution in [0, 0.1) is 11.5 Å². The van der Waals surface area contributed by atoms with E-state index in [1.54, 1.807) is 0 Å². The minimum absolute atomic E-state index is 0.0271. The third kappa shape index (κ3) is 9.80. The van der Waals surface area contributed by atoms with Gasteiger partial charge in [-0.15, -0.1) is 0 Å². The topological polar surface area (TPSA) is 102 Å². The summed E-state index contributed by atoms with van der Waals surface area (Å²) in [6, 6.07) is 26.9. The summed E-state index contributed by atoms with van der Waals surface area (Å²) in [6.45, 7) is 3.80. The fourth-order valence-corrected chi connectivity index (χ4v) is 4.54. The van der Waals surface area contributed by atoms with Crippen LogP contribution in [0.1, 0.15) is 31.2 Å². The van der Waals surface area contributed by atoms with E-state index >= 15 is 0 Å². The van der Waals surface area contributed by atoms with Crippen molar-refractivity contribution >= 4 is 17.6 Å². The zero-order chi connectivity index (χ0) is 27.1. The molecule has 1 aliphatic rings. The predicted octanol–water partition coefficient (Wildman–Crippen LogP) is 4.92. The summed E-state index contributed by atoms with van der Waals surface area (Å²) in [7, 11) is 0. The van der Waals surface area contributed by atoms with Crippen LogP contribution in [0.15, 0.2) is 89.9 Å². The molecule has 8 nitrogen and oxygen atoms in total. The summed E-state index contributed by atoms with van der Waals surface area (Å²) in [5.41, 5.74) is 1.88. The molecule has 8 heteroatoms. The largest absolute Gasteiger partial charge is 0.457 e. The predicted molar refractivity (Wildman–Crippen MR) is 155 cm³/mol. The van der Waals surface area contributed by atoms with Crippen LogP contribution in [0.5, 0.6) is 11.5 Å². The van der Waals surface area contributed by atoms with Gasteiger partial charge in [-0.1, -0.05) is 48.5 Å². The number of ether oxygens (including phenoxy) is 1. The van der Waals surface area contributed by atoms with Crippen molar-refractivity contribution in [3.63, 3.8) is 0 Å². The number of carbonyl (C=O) groups is 1. The maximum Gasteiger partial charge on any atom is 0.220 e. The number of anilines is 1. The lowest BCUT2D eigenvalue weighted by atomic mass is 10.0. The Kier molecular flexibility index (Phi) is 10.8. The number of rotatable bonds is 12. The lowest BCUT2D eigenvalue weighted by Gasteiger charge is -2.17. The van der Waals surface area contributed by atoms with Crippen LogP contribution in [0.3, 0.4) is 0 Å². The quantitative estimate of drug-likeness (QED) is 0.135.